The van der Waals surface area contributed by atoms with Gasteiger partial charge in [-0.25, -0.2) is 4.79 Å². The van der Waals surface area contributed by atoms with Crippen LogP contribution in [0.3, 0.4) is 0 Å². The molecule has 35 heavy (non-hydrogen) atoms. The molecule has 5 rings (SSSR count). The molecule has 184 valence electrons. The van der Waals surface area contributed by atoms with Crippen molar-refractivity contribution in [2.75, 3.05) is 26.2 Å². The Balaban J connectivity index is 1.22. The number of benzene rings is 2. The highest BCUT2D eigenvalue weighted by Gasteiger charge is 2.45. The van der Waals surface area contributed by atoms with E-state index in [1.165, 1.54) is 11.1 Å². The maximum atomic E-state index is 13.5. The zero-order valence-electron chi connectivity index (χ0n) is 19.9. The zero-order valence-corrected chi connectivity index (χ0v) is 19.9. The summed E-state index contributed by atoms with van der Waals surface area (Å²) in [6, 6.07) is 16.4. The van der Waals surface area contributed by atoms with Gasteiger partial charge in [-0.05, 0) is 47.9 Å². The summed E-state index contributed by atoms with van der Waals surface area (Å²) in [5.74, 6) is -1.41. The molecular weight excluding hydrogens is 444 g/mol. The van der Waals surface area contributed by atoms with Gasteiger partial charge in [-0.2, -0.15) is 0 Å². The fraction of sp³-hybridized carbons (Fsp3) is 0.464. The Hall–Kier alpha value is -3.35. The number of aliphatic carboxylic acids is 1. The van der Waals surface area contributed by atoms with Crippen molar-refractivity contribution in [2.45, 2.75) is 44.4 Å². The summed E-state index contributed by atoms with van der Waals surface area (Å²) in [6.45, 7) is 1.28. The molecule has 0 aromatic heterocycles. The molecule has 2 aromatic rings. The van der Waals surface area contributed by atoms with Crippen molar-refractivity contribution in [2.24, 2.45) is 11.3 Å². The van der Waals surface area contributed by atoms with Crippen LogP contribution in [-0.4, -0.2) is 54.2 Å². The van der Waals surface area contributed by atoms with Gasteiger partial charge in [-0.1, -0.05) is 61.4 Å². The Morgan fingerprint density at radius 3 is 2.23 bits per heavy atom. The molecule has 7 nitrogen and oxygen atoms in total. The van der Waals surface area contributed by atoms with Crippen molar-refractivity contribution < 1.29 is 24.2 Å². The van der Waals surface area contributed by atoms with Crippen molar-refractivity contribution in [1.29, 1.82) is 0 Å². The Kier molecular flexibility index (Phi) is 6.50. The van der Waals surface area contributed by atoms with Crippen LogP contribution in [0.5, 0.6) is 0 Å². The summed E-state index contributed by atoms with van der Waals surface area (Å²) < 4.78 is 5.67. The van der Waals surface area contributed by atoms with Gasteiger partial charge in [0, 0.05) is 25.6 Å². The van der Waals surface area contributed by atoms with Crippen LogP contribution in [0.1, 0.15) is 55.6 Å². The molecule has 2 N–H and O–H groups in total. The van der Waals surface area contributed by atoms with E-state index >= 15 is 0 Å². The van der Waals surface area contributed by atoms with E-state index in [-0.39, 0.29) is 31.5 Å². The Bertz CT molecular complexity index is 1080. The number of alkyl carbamates (subject to hydrolysis) is 1. The fourth-order valence-corrected chi connectivity index (χ4v) is 6.11. The van der Waals surface area contributed by atoms with Gasteiger partial charge in [-0.15, -0.1) is 0 Å². The van der Waals surface area contributed by atoms with Gasteiger partial charge in [0.1, 0.15) is 6.61 Å². The summed E-state index contributed by atoms with van der Waals surface area (Å²) in [5.41, 5.74) is 3.98. The van der Waals surface area contributed by atoms with Crippen LogP contribution in [0.25, 0.3) is 11.1 Å². The fourth-order valence-electron chi connectivity index (χ4n) is 6.11. The first-order valence-corrected chi connectivity index (χ1v) is 12.6. The topological polar surface area (TPSA) is 95.9 Å². The number of fused-ring (bicyclic) bond motifs is 3. The van der Waals surface area contributed by atoms with E-state index in [0.717, 1.165) is 24.0 Å². The van der Waals surface area contributed by atoms with E-state index < -0.39 is 23.4 Å². The molecule has 1 saturated carbocycles. The van der Waals surface area contributed by atoms with Gasteiger partial charge in [-0.3, -0.25) is 9.59 Å². The summed E-state index contributed by atoms with van der Waals surface area (Å²) in [4.78, 5) is 39.4. The van der Waals surface area contributed by atoms with Gasteiger partial charge in [0.05, 0.1) is 11.3 Å². The highest BCUT2D eigenvalue weighted by atomic mass is 16.5. The minimum atomic E-state index is -0.847. The van der Waals surface area contributed by atoms with E-state index in [4.69, 9.17) is 4.74 Å². The highest BCUT2D eigenvalue weighted by molar-refractivity contribution is 5.85. The number of carbonyl (C=O) groups excluding carboxylic acids is 2. The quantitative estimate of drug-likeness (QED) is 0.644. The SMILES string of the molecule is O=C(NCC1(C(=O)N2CCC[C@@H](C(=O)O)C2)CCCC1)OCC1c2ccccc2-c2ccccc21. The smallest absolute Gasteiger partial charge is 0.407 e. The standard InChI is InChI=1S/C28H32N2O5/c31-25(32)19-8-7-15-30(16-19)26(33)28(13-5-6-14-28)18-29-27(34)35-17-24-22-11-3-1-9-20(22)21-10-2-4-12-23(21)24/h1-4,9-12,19,24H,5-8,13-18H2,(H,29,34)(H,31,32)/t19-/m1/s1. The second kappa shape index (κ2) is 9.72. The Morgan fingerprint density at radius 1 is 0.971 bits per heavy atom. The second-order valence-corrected chi connectivity index (χ2v) is 10.1. The lowest BCUT2D eigenvalue weighted by Gasteiger charge is -2.38. The van der Waals surface area contributed by atoms with Crippen LogP contribution >= 0.6 is 0 Å². The molecule has 1 aliphatic heterocycles. The van der Waals surface area contributed by atoms with E-state index in [0.29, 0.717) is 32.2 Å². The minimum Gasteiger partial charge on any atom is -0.481 e. The van der Waals surface area contributed by atoms with Crippen molar-refractivity contribution in [3.63, 3.8) is 0 Å². The molecule has 1 heterocycles. The molecule has 2 fully saturated rings. The number of amides is 2. The number of nitrogens with one attached hydrogen (secondary N) is 1. The maximum absolute atomic E-state index is 13.5. The van der Waals surface area contributed by atoms with Crippen LogP contribution in [0.4, 0.5) is 4.79 Å². The first-order chi connectivity index (χ1) is 17.0. The highest BCUT2D eigenvalue weighted by Crippen LogP contribution is 2.44. The Morgan fingerprint density at radius 2 is 1.60 bits per heavy atom. The predicted molar refractivity (Wildman–Crippen MR) is 131 cm³/mol. The third kappa shape index (κ3) is 4.51. The monoisotopic (exact) mass is 476 g/mol. The summed E-state index contributed by atoms with van der Waals surface area (Å²) in [7, 11) is 0. The van der Waals surface area contributed by atoms with Crippen molar-refractivity contribution >= 4 is 18.0 Å². The van der Waals surface area contributed by atoms with E-state index in [2.05, 4.69) is 29.6 Å². The molecule has 2 aromatic carbocycles. The largest absolute Gasteiger partial charge is 0.481 e. The molecule has 2 aliphatic carbocycles. The van der Waals surface area contributed by atoms with Crippen molar-refractivity contribution in [1.82, 2.24) is 10.2 Å². The molecule has 0 spiro atoms. The maximum Gasteiger partial charge on any atom is 0.407 e. The first kappa shape index (κ1) is 23.4. The molecule has 2 amide bonds. The molecule has 7 heteroatoms. The molecule has 3 aliphatic rings. The Labute approximate surface area is 205 Å². The molecule has 1 saturated heterocycles. The van der Waals surface area contributed by atoms with Crippen LogP contribution < -0.4 is 5.32 Å². The lowest BCUT2D eigenvalue weighted by molar-refractivity contribution is -0.149. The third-order valence-corrected chi connectivity index (χ3v) is 7.99. The lowest BCUT2D eigenvalue weighted by atomic mass is 9.83. The average molecular weight is 477 g/mol. The van der Waals surface area contributed by atoms with Gasteiger partial charge in [0.25, 0.3) is 0 Å². The number of likely N-dealkylation sites (tertiary alicyclic amines) is 1. The van der Waals surface area contributed by atoms with Crippen molar-refractivity contribution in [3.8, 4) is 11.1 Å². The molecular formula is C28H32N2O5. The molecule has 0 radical (unpaired) electrons. The van der Waals surface area contributed by atoms with E-state index in [1.807, 2.05) is 24.3 Å². The van der Waals surface area contributed by atoms with Gasteiger partial charge in [0.2, 0.25) is 5.91 Å². The van der Waals surface area contributed by atoms with Crippen LogP contribution in [0.2, 0.25) is 0 Å². The molecule has 0 unspecified atom stereocenters. The molecule has 0 bridgehead atoms. The average Bonchev–Trinajstić information content (AvgIpc) is 3.50. The number of hydrogen-bond acceptors (Lipinski definition) is 4. The zero-order chi connectivity index (χ0) is 24.4. The van der Waals surface area contributed by atoms with E-state index in [1.54, 1.807) is 4.90 Å². The number of rotatable bonds is 6. The number of nitrogens with zero attached hydrogens (tertiary/aromatic N) is 1. The molecule has 1 atom stereocenters. The summed E-state index contributed by atoms with van der Waals surface area (Å²) >= 11 is 0. The number of carboxylic acid groups (broad SMARTS) is 1. The summed E-state index contributed by atoms with van der Waals surface area (Å²) in [6.07, 6.45) is 4.02. The van der Waals surface area contributed by atoms with Crippen LogP contribution in [-0.2, 0) is 14.3 Å². The van der Waals surface area contributed by atoms with Gasteiger partial charge < -0.3 is 20.1 Å². The normalized spacial score (nSPS) is 20.7. The number of ether oxygens (including phenoxy) is 1. The lowest BCUT2D eigenvalue weighted by Crippen LogP contribution is -2.52. The van der Waals surface area contributed by atoms with E-state index in [9.17, 15) is 19.5 Å². The van der Waals surface area contributed by atoms with Gasteiger partial charge in [0.15, 0.2) is 0 Å². The number of hydrogen-bond donors (Lipinski definition) is 2. The number of carbonyl (C=O) groups is 3. The summed E-state index contributed by atoms with van der Waals surface area (Å²) in [5, 5.41) is 12.3. The third-order valence-electron chi connectivity index (χ3n) is 7.99. The minimum absolute atomic E-state index is 0.0171. The predicted octanol–water partition coefficient (Wildman–Crippen LogP) is 4.41. The van der Waals surface area contributed by atoms with Crippen LogP contribution in [0.15, 0.2) is 48.5 Å². The first-order valence-electron chi connectivity index (χ1n) is 12.6. The van der Waals surface area contributed by atoms with Crippen LogP contribution in [0, 0.1) is 11.3 Å². The number of carboxylic acids is 1. The second-order valence-electron chi connectivity index (χ2n) is 10.1. The van der Waals surface area contributed by atoms with Gasteiger partial charge >= 0.3 is 12.1 Å². The van der Waals surface area contributed by atoms with Crippen molar-refractivity contribution in [3.05, 3.63) is 59.7 Å². The number of piperidine rings is 1.